The van der Waals surface area contributed by atoms with Crippen molar-refractivity contribution >= 4 is 48.4 Å². The molecule has 334 valence electrons. The van der Waals surface area contributed by atoms with Crippen LogP contribution in [0.1, 0.15) is 48.2 Å². The zero-order valence-corrected chi connectivity index (χ0v) is 35.6. The molecule has 2 aliphatic rings. The van der Waals surface area contributed by atoms with Gasteiger partial charge < -0.3 is 35.2 Å². The van der Waals surface area contributed by atoms with E-state index >= 15 is 4.39 Å². The number of likely N-dealkylation sites (N-methyl/N-ethyl adjacent to an activating group) is 3. The number of carbonyl (C=O) groups is 3. The fourth-order valence-corrected chi connectivity index (χ4v) is 6.56. The van der Waals surface area contributed by atoms with Crippen LogP contribution in [0.3, 0.4) is 0 Å². The van der Waals surface area contributed by atoms with E-state index in [2.05, 4.69) is 79.8 Å². The number of aldehydes is 2. The van der Waals surface area contributed by atoms with Crippen molar-refractivity contribution in [3.8, 4) is 0 Å². The molecule has 0 saturated carbocycles. The second kappa shape index (κ2) is 26.6. The number of hydrogen-bond acceptors (Lipinski definition) is 12. The number of benzene rings is 2. The van der Waals surface area contributed by atoms with Crippen LogP contribution in [-0.4, -0.2) is 175 Å². The summed E-state index contributed by atoms with van der Waals surface area (Å²) >= 11 is 0. The maximum atomic E-state index is 15.3. The van der Waals surface area contributed by atoms with Crippen molar-refractivity contribution in [2.45, 2.75) is 44.9 Å². The first-order valence-corrected chi connectivity index (χ1v) is 19.9. The summed E-state index contributed by atoms with van der Waals surface area (Å²) in [6.45, 7) is 18.1. The molecule has 0 bridgehead atoms. The van der Waals surface area contributed by atoms with E-state index in [1.807, 2.05) is 20.2 Å². The Morgan fingerprint density at radius 2 is 1.67 bits per heavy atom. The number of carbonyl (C=O) groups excluding carboxylic acids is 2. The summed E-state index contributed by atoms with van der Waals surface area (Å²) in [4.78, 5) is 50.3. The largest absolute Gasteiger partial charge is 0.481 e. The Kier molecular flexibility index (Phi) is 22.8. The molecule has 2 aromatic rings. The first-order valence-electron chi connectivity index (χ1n) is 19.9. The molecule has 3 N–H and O–H groups in total. The molecule has 2 heterocycles. The average molecular weight is 852 g/mol. The molecule has 2 fully saturated rings. The number of piperazine rings is 2. The quantitative estimate of drug-likeness (QED) is 0.107. The second-order valence-corrected chi connectivity index (χ2v) is 14.7. The molecule has 0 spiro atoms. The Morgan fingerprint density at radius 3 is 2.22 bits per heavy atom. The van der Waals surface area contributed by atoms with Gasteiger partial charge in [0, 0.05) is 114 Å². The number of halogens is 5. The third-order valence-electron chi connectivity index (χ3n) is 10.3. The van der Waals surface area contributed by atoms with Crippen LogP contribution in [0.5, 0.6) is 0 Å². The Balaban J connectivity index is 0.000000364. The van der Waals surface area contributed by atoms with E-state index in [1.54, 1.807) is 18.5 Å². The lowest BCUT2D eigenvalue weighted by atomic mass is 10.0. The Labute approximate surface area is 351 Å². The van der Waals surface area contributed by atoms with Crippen molar-refractivity contribution in [2.24, 2.45) is 9.98 Å². The highest BCUT2D eigenvalue weighted by molar-refractivity contribution is 6.10. The topological polar surface area (TPSA) is 136 Å². The fraction of sp³-hybridized carbons (Fsp3) is 0.548. The van der Waals surface area contributed by atoms with Crippen molar-refractivity contribution in [1.82, 2.24) is 24.9 Å². The lowest BCUT2D eigenvalue weighted by molar-refractivity contribution is -0.138. The number of alkyl halides is 3. The Bertz CT molecular complexity index is 1710. The number of carboxylic acids is 1. The summed E-state index contributed by atoms with van der Waals surface area (Å²) in [5.41, 5.74) is 1.04. The summed E-state index contributed by atoms with van der Waals surface area (Å²) in [5.74, 6) is -2.03. The van der Waals surface area contributed by atoms with Gasteiger partial charge in [0.25, 0.3) is 0 Å². The van der Waals surface area contributed by atoms with Crippen LogP contribution in [0.2, 0.25) is 0 Å². The summed E-state index contributed by atoms with van der Waals surface area (Å²) in [5, 5.41) is 14.9. The predicted octanol–water partition coefficient (Wildman–Crippen LogP) is 4.98. The van der Waals surface area contributed by atoms with E-state index in [9.17, 15) is 31.9 Å². The number of allylic oxidation sites excluding steroid dienone is 1. The number of nitrogens with one attached hydrogen (secondary N) is 2. The van der Waals surface area contributed by atoms with Gasteiger partial charge in [0.15, 0.2) is 6.29 Å². The van der Waals surface area contributed by atoms with E-state index in [1.165, 1.54) is 0 Å². The molecule has 2 aliphatic heterocycles. The minimum Gasteiger partial charge on any atom is -0.481 e. The number of aliphatic imine (C=N–C) groups is 2. The van der Waals surface area contributed by atoms with E-state index in [0.29, 0.717) is 48.8 Å². The molecule has 4 rings (SSSR count). The molecular formula is C42H62F5N9O4. The SMILES string of the molecule is C=N/C=C(\C=NCCN(C)CCNC)c1cc(NC)c(N2CC(C)N(C)C(C)C2)cc1F.O=CCN1CCN(CCCC(=O)O)CC1.O=Cc1ccc(F)cc1C(F)(F)F. The number of carboxylic acid groups (broad SMARTS) is 1. The lowest BCUT2D eigenvalue weighted by Gasteiger charge is -2.44. The van der Waals surface area contributed by atoms with Crippen LogP contribution < -0.4 is 15.5 Å². The molecule has 2 aromatic carbocycles. The highest BCUT2D eigenvalue weighted by Gasteiger charge is 2.33. The first kappa shape index (κ1) is 51.5. The lowest BCUT2D eigenvalue weighted by Crippen LogP contribution is -2.55. The van der Waals surface area contributed by atoms with Gasteiger partial charge in [-0.15, -0.1) is 0 Å². The molecule has 2 saturated heterocycles. The molecule has 0 radical (unpaired) electrons. The molecule has 2 unspecified atom stereocenters. The Morgan fingerprint density at radius 1 is 1.02 bits per heavy atom. The smallest absolute Gasteiger partial charge is 0.417 e. The average Bonchev–Trinajstić information content (AvgIpc) is 3.21. The van der Waals surface area contributed by atoms with Gasteiger partial charge in [-0.2, -0.15) is 13.2 Å². The molecule has 13 nitrogen and oxygen atoms in total. The summed E-state index contributed by atoms with van der Waals surface area (Å²) < 4.78 is 64.0. The van der Waals surface area contributed by atoms with Crippen molar-refractivity contribution in [1.29, 1.82) is 0 Å². The van der Waals surface area contributed by atoms with Crippen LogP contribution in [0.15, 0.2) is 46.5 Å². The number of hydrogen-bond donors (Lipinski definition) is 3. The van der Waals surface area contributed by atoms with E-state index in [0.717, 1.165) is 95.2 Å². The first-order chi connectivity index (χ1) is 28.5. The number of aliphatic carboxylic acids is 1. The third kappa shape index (κ3) is 17.5. The molecule has 18 heteroatoms. The maximum Gasteiger partial charge on any atom is 0.417 e. The molecule has 0 aliphatic carbocycles. The minimum absolute atomic E-state index is 0.0439. The van der Waals surface area contributed by atoms with Crippen LogP contribution in [0, 0.1) is 11.6 Å². The zero-order valence-electron chi connectivity index (χ0n) is 35.6. The number of nitrogens with zero attached hydrogens (tertiary/aromatic N) is 7. The van der Waals surface area contributed by atoms with Gasteiger partial charge in [-0.25, -0.2) is 8.78 Å². The van der Waals surface area contributed by atoms with Gasteiger partial charge in [-0.05, 0) is 85.0 Å². The van der Waals surface area contributed by atoms with Crippen molar-refractivity contribution < 1.29 is 41.4 Å². The normalized spacial score (nSPS) is 18.1. The van der Waals surface area contributed by atoms with E-state index in [4.69, 9.17) is 5.11 Å². The van der Waals surface area contributed by atoms with Crippen molar-refractivity contribution in [2.75, 3.05) is 117 Å². The van der Waals surface area contributed by atoms with Crippen LogP contribution in [0.25, 0.3) is 5.57 Å². The summed E-state index contributed by atoms with van der Waals surface area (Å²) in [6, 6.07) is 6.16. The van der Waals surface area contributed by atoms with Gasteiger partial charge in [-0.3, -0.25) is 29.4 Å². The Hall–Kier alpha value is -4.62. The van der Waals surface area contributed by atoms with Crippen molar-refractivity contribution in [3.63, 3.8) is 0 Å². The number of anilines is 2. The molecule has 0 aromatic heterocycles. The van der Waals surface area contributed by atoms with Crippen LogP contribution in [0.4, 0.5) is 33.3 Å². The highest BCUT2D eigenvalue weighted by Crippen LogP contribution is 2.34. The molecular weight excluding hydrogens is 790 g/mol. The minimum atomic E-state index is -4.70. The number of rotatable bonds is 18. The van der Waals surface area contributed by atoms with Crippen LogP contribution in [-0.2, 0) is 15.8 Å². The highest BCUT2D eigenvalue weighted by atomic mass is 19.4. The summed E-state index contributed by atoms with van der Waals surface area (Å²) in [7, 11) is 8.02. The van der Waals surface area contributed by atoms with E-state index < -0.39 is 29.1 Å². The molecule has 2 atom stereocenters. The van der Waals surface area contributed by atoms with Gasteiger partial charge >= 0.3 is 12.1 Å². The maximum absolute atomic E-state index is 15.3. The third-order valence-corrected chi connectivity index (χ3v) is 10.3. The second-order valence-electron chi connectivity index (χ2n) is 14.7. The van der Waals surface area contributed by atoms with Crippen molar-refractivity contribution in [3.05, 3.63) is 64.9 Å². The van der Waals surface area contributed by atoms with Gasteiger partial charge in [0.2, 0.25) is 0 Å². The van der Waals surface area contributed by atoms with Gasteiger partial charge in [0.1, 0.15) is 17.9 Å². The van der Waals surface area contributed by atoms with E-state index in [-0.39, 0.29) is 18.5 Å². The molecule has 60 heavy (non-hydrogen) atoms. The summed E-state index contributed by atoms with van der Waals surface area (Å²) in [6.07, 6.45) is 0.488. The van der Waals surface area contributed by atoms with Crippen LogP contribution >= 0.6 is 0 Å². The van der Waals surface area contributed by atoms with Gasteiger partial charge in [0.05, 0.1) is 30.0 Å². The predicted molar refractivity (Wildman–Crippen MR) is 230 cm³/mol. The standard InChI is InChI=1S/C24H40FN7.C10H18N2O3.C8H4F4O/c1-18-16-32(17-19(2)31(18)7)24-13-22(25)21(12-23(24)28-5)20(14-27-4)15-29-9-11-30(6)10-8-26-3;13-9-8-12-6-4-11(5-7-12)3-1-2-10(14)15;9-6-2-1-5(4-13)7(3-6)8(10,11)12/h12-15,18-19,26,28H,4,8-11,16-17H2,1-3,5-7H3;9H,1-8H2,(H,14,15);1-4H/b20-14+,29-15?;;. The fourth-order valence-electron chi connectivity index (χ4n) is 6.56. The molecule has 0 amide bonds. The monoisotopic (exact) mass is 851 g/mol. The zero-order chi connectivity index (χ0) is 44.8. The van der Waals surface area contributed by atoms with Gasteiger partial charge in [-0.1, -0.05) is 0 Å².